The molecule has 3 aromatic rings. The number of rotatable bonds is 7. The van der Waals surface area contributed by atoms with Crippen molar-refractivity contribution in [3.05, 3.63) is 88.9 Å². The molecule has 138 valence electrons. The molecule has 0 aliphatic carbocycles. The second-order valence-electron chi connectivity index (χ2n) is 6.17. The van der Waals surface area contributed by atoms with Crippen molar-refractivity contribution >= 4 is 28.9 Å². The third-order valence-electron chi connectivity index (χ3n) is 3.94. The number of nitrogens with one attached hydrogen (secondary N) is 2. The van der Waals surface area contributed by atoms with Crippen molar-refractivity contribution in [3.8, 4) is 5.75 Å². The third kappa shape index (κ3) is 6.04. The highest BCUT2D eigenvalue weighted by atomic mass is 35.5. The van der Waals surface area contributed by atoms with Gasteiger partial charge in [-0.25, -0.2) is 0 Å². The van der Waals surface area contributed by atoms with Gasteiger partial charge in [0, 0.05) is 29.9 Å². The van der Waals surface area contributed by atoms with Gasteiger partial charge < -0.3 is 15.4 Å². The fourth-order valence-corrected chi connectivity index (χ4v) is 2.66. The maximum atomic E-state index is 11.0. The zero-order chi connectivity index (χ0) is 19.1. The molecule has 0 unspecified atom stereocenters. The summed E-state index contributed by atoms with van der Waals surface area (Å²) in [4.78, 5) is 11.0. The van der Waals surface area contributed by atoms with E-state index in [4.69, 9.17) is 16.3 Å². The van der Waals surface area contributed by atoms with Crippen LogP contribution in [0.5, 0.6) is 5.75 Å². The van der Waals surface area contributed by atoms with Crippen molar-refractivity contribution in [2.45, 2.75) is 20.1 Å². The first kappa shape index (κ1) is 18.8. The molecule has 0 spiro atoms. The molecular formula is C22H21ClN2O2. The molecule has 0 heterocycles. The third-order valence-corrected chi connectivity index (χ3v) is 4.20. The van der Waals surface area contributed by atoms with Gasteiger partial charge in [-0.15, -0.1) is 0 Å². The van der Waals surface area contributed by atoms with E-state index in [2.05, 4.69) is 10.6 Å². The van der Waals surface area contributed by atoms with E-state index < -0.39 is 0 Å². The quantitative estimate of drug-likeness (QED) is 0.569. The number of anilines is 2. The molecule has 1 amide bonds. The van der Waals surface area contributed by atoms with Gasteiger partial charge in [0.05, 0.1) is 0 Å². The number of amides is 1. The predicted octanol–water partition coefficient (Wildman–Crippen LogP) is 5.49. The van der Waals surface area contributed by atoms with Crippen LogP contribution in [0.4, 0.5) is 11.4 Å². The van der Waals surface area contributed by atoms with Crippen LogP contribution in [-0.4, -0.2) is 5.91 Å². The van der Waals surface area contributed by atoms with Gasteiger partial charge in [0.15, 0.2) is 0 Å². The Morgan fingerprint density at radius 1 is 0.852 bits per heavy atom. The van der Waals surface area contributed by atoms with Gasteiger partial charge in [0.1, 0.15) is 12.4 Å². The van der Waals surface area contributed by atoms with E-state index in [1.807, 2.05) is 72.8 Å². The first-order valence-corrected chi connectivity index (χ1v) is 9.04. The van der Waals surface area contributed by atoms with Crippen molar-refractivity contribution in [1.29, 1.82) is 0 Å². The van der Waals surface area contributed by atoms with Crippen LogP contribution in [0.2, 0.25) is 5.02 Å². The Morgan fingerprint density at radius 2 is 1.44 bits per heavy atom. The number of carbonyl (C=O) groups excluding carboxylic acids is 1. The maximum Gasteiger partial charge on any atom is 0.221 e. The van der Waals surface area contributed by atoms with Crippen molar-refractivity contribution in [3.63, 3.8) is 0 Å². The van der Waals surface area contributed by atoms with Crippen molar-refractivity contribution < 1.29 is 9.53 Å². The molecule has 0 aliphatic heterocycles. The average Bonchev–Trinajstić information content (AvgIpc) is 2.67. The lowest BCUT2D eigenvalue weighted by atomic mass is 10.2. The summed E-state index contributed by atoms with van der Waals surface area (Å²) in [6.07, 6.45) is 0. The second-order valence-corrected chi connectivity index (χ2v) is 6.61. The molecule has 4 nitrogen and oxygen atoms in total. The summed E-state index contributed by atoms with van der Waals surface area (Å²) in [5, 5.41) is 6.83. The monoisotopic (exact) mass is 380 g/mol. The Labute approximate surface area is 164 Å². The van der Waals surface area contributed by atoms with Crippen LogP contribution in [0.3, 0.4) is 0 Å². The van der Waals surface area contributed by atoms with E-state index >= 15 is 0 Å². The SMILES string of the molecule is CC(=O)Nc1ccc(NCc2ccc(OCc3ccc(Cl)cc3)cc2)cc1. The summed E-state index contributed by atoms with van der Waals surface area (Å²) < 4.78 is 5.80. The van der Waals surface area contributed by atoms with Crippen LogP contribution >= 0.6 is 11.6 Å². The normalized spacial score (nSPS) is 10.3. The summed E-state index contributed by atoms with van der Waals surface area (Å²) in [6.45, 7) is 2.71. The Morgan fingerprint density at radius 3 is 2.07 bits per heavy atom. The van der Waals surface area contributed by atoms with Crippen LogP contribution in [-0.2, 0) is 17.9 Å². The Kier molecular flexibility index (Phi) is 6.34. The molecule has 2 N–H and O–H groups in total. The molecule has 3 rings (SSSR count). The van der Waals surface area contributed by atoms with Gasteiger partial charge in [-0.05, 0) is 59.7 Å². The van der Waals surface area contributed by atoms with Crippen molar-refractivity contribution in [2.75, 3.05) is 10.6 Å². The Balaban J connectivity index is 1.48. The maximum absolute atomic E-state index is 11.0. The van der Waals surface area contributed by atoms with Crippen LogP contribution < -0.4 is 15.4 Å². The minimum Gasteiger partial charge on any atom is -0.489 e. The van der Waals surface area contributed by atoms with E-state index in [0.29, 0.717) is 13.2 Å². The minimum atomic E-state index is -0.0749. The zero-order valence-electron chi connectivity index (χ0n) is 15.0. The van der Waals surface area contributed by atoms with Gasteiger partial charge in [0.2, 0.25) is 5.91 Å². The lowest BCUT2D eigenvalue weighted by molar-refractivity contribution is -0.114. The summed E-state index contributed by atoms with van der Waals surface area (Å²) in [7, 11) is 0. The molecule has 5 heteroatoms. The number of carbonyl (C=O) groups is 1. The number of hydrogen-bond acceptors (Lipinski definition) is 3. The molecule has 3 aromatic carbocycles. The molecular weight excluding hydrogens is 360 g/mol. The summed E-state index contributed by atoms with van der Waals surface area (Å²) in [5.74, 6) is 0.752. The molecule has 0 fully saturated rings. The van der Waals surface area contributed by atoms with E-state index in [9.17, 15) is 4.79 Å². The molecule has 0 atom stereocenters. The number of benzene rings is 3. The number of ether oxygens (including phenoxy) is 1. The topological polar surface area (TPSA) is 50.4 Å². The highest BCUT2D eigenvalue weighted by Gasteiger charge is 2.00. The van der Waals surface area contributed by atoms with Gasteiger partial charge >= 0.3 is 0 Å². The largest absolute Gasteiger partial charge is 0.489 e. The number of halogens is 1. The fraction of sp³-hybridized carbons (Fsp3) is 0.136. The van der Waals surface area contributed by atoms with Gasteiger partial charge in [0.25, 0.3) is 0 Å². The molecule has 0 saturated heterocycles. The van der Waals surface area contributed by atoms with E-state index in [1.54, 1.807) is 0 Å². The standard InChI is InChI=1S/C22H21ClN2O2/c1-16(26)25-21-10-8-20(9-11-21)24-14-17-4-12-22(13-5-17)27-15-18-2-6-19(23)7-3-18/h2-13,24H,14-15H2,1H3,(H,25,26). The smallest absolute Gasteiger partial charge is 0.221 e. The molecule has 0 aliphatic rings. The summed E-state index contributed by atoms with van der Waals surface area (Å²) in [5.41, 5.74) is 4.01. The molecule has 0 saturated carbocycles. The average molecular weight is 381 g/mol. The Hall–Kier alpha value is -2.98. The highest BCUT2D eigenvalue weighted by Crippen LogP contribution is 2.18. The highest BCUT2D eigenvalue weighted by molar-refractivity contribution is 6.30. The van der Waals surface area contributed by atoms with Crippen LogP contribution in [0.15, 0.2) is 72.8 Å². The second kappa shape index (κ2) is 9.10. The van der Waals surface area contributed by atoms with Crippen LogP contribution in [0.1, 0.15) is 18.1 Å². The molecule has 0 aromatic heterocycles. The molecule has 0 bridgehead atoms. The van der Waals surface area contributed by atoms with Crippen molar-refractivity contribution in [2.24, 2.45) is 0 Å². The predicted molar refractivity (Wildman–Crippen MR) is 110 cm³/mol. The van der Waals surface area contributed by atoms with E-state index in [1.165, 1.54) is 6.92 Å². The van der Waals surface area contributed by atoms with Crippen molar-refractivity contribution in [1.82, 2.24) is 0 Å². The fourth-order valence-electron chi connectivity index (χ4n) is 2.53. The minimum absolute atomic E-state index is 0.0749. The molecule has 0 radical (unpaired) electrons. The van der Waals surface area contributed by atoms with Gasteiger partial charge in [-0.2, -0.15) is 0 Å². The lowest BCUT2D eigenvalue weighted by Gasteiger charge is -2.10. The zero-order valence-corrected chi connectivity index (χ0v) is 15.8. The van der Waals surface area contributed by atoms with E-state index in [0.717, 1.165) is 33.3 Å². The Bertz CT molecular complexity index is 876. The first-order chi connectivity index (χ1) is 13.1. The van der Waals surface area contributed by atoms with Crippen LogP contribution in [0, 0.1) is 0 Å². The number of hydrogen-bond donors (Lipinski definition) is 2. The van der Waals surface area contributed by atoms with Gasteiger partial charge in [-0.1, -0.05) is 35.9 Å². The molecule has 27 heavy (non-hydrogen) atoms. The van der Waals surface area contributed by atoms with Gasteiger partial charge in [-0.3, -0.25) is 4.79 Å². The summed E-state index contributed by atoms with van der Waals surface area (Å²) >= 11 is 5.88. The van der Waals surface area contributed by atoms with Crippen LogP contribution in [0.25, 0.3) is 0 Å². The summed E-state index contributed by atoms with van der Waals surface area (Å²) in [6, 6.07) is 23.3. The van der Waals surface area contributed by atoms with E-state index in [-0.39, 0.29) is 5.91 Å². The first-order valence-electron chi connectivity index (χ1n) is 8.66. The lowest BCUT2D eigenvalue weighted by Crippen LogP contribution is -2.05.